The second-order valence-electron chi connectivity index (χ2n) is 6.05. The van der Waals surface area contributed by atoms with Crippen molar-refractivity contribution in [3.63, 3.8) is 0 Å². The van der Waals surface area contributed by atoms with E-state index in [1.807, 2.05) is 18.2 Å². The molecule has 3 rings (SSSR count). The zero-order valence-corrected chi connectivity index (χ0v) is 15.4. The summed E-state index contributed by atoms with van der Waals surface area (Å²) in [5, 5.41) is 3.41. The van der Waals surface area contributed by atoms with Gasteiger partial charge in [0, 0.05) is 10.7 Å². The van der Waals surface area contributed by atoms with Crippen LogP contribution in [0.3, 0.4) is 0 Å². The lowest BCUT2D eigenvalue weighted by molar-refractivity contribution is -0.134. The zero-order chi connectivity index (χ0) is 19.1. The fourth-order valence-corrected chi connectivity index (χ4v) is 2.73. The molecular formula is C21H19ClN2O3. The first-order valence-corrected chi connectivity index (χ1v) is 8.87. The molecule has 0 saturated carbocycles. The quantitative estimate of drug-likeness (QED) is 0.667. The molecule has 1 aromatic heterocycles. The van der Waals surface area contributed by atoms with Gasteiger partial charge in [0.05, 0.1) is 19.2 Å². The van der Waals surface area contributed by atoms with Gasteiger partial charge >= 0.3 is 0 Å². The Balaban J connectivity index is 1.68. The lowest BCUT2D eigenvalue weighted by Crippen LogP contribution is -2.38. The molecule has 0 aliphatic heterocycles. The maximum atomic E-state index is 12.8. The molecule has 5 nitrogen and oxygen atoms in total. The summed E-state index contributed by atoms with van der Waals surface area (Å²) < 4.78 is 5.34. The Morgan fingerprint density at radius 3 is 2.37 bits per heavy atom. The number of halogens is 1. The Morgan fingerprint density at radius 1 is 0.963 bits per heavy atom. The molecule has 0 atom stereocenters. The Hall–Kier alpha value is -3.05. The van der Waals surface area contributed by atoms with Gasteiger partial charge in [-0.05, 0) is 42.0 Å². The highest BCUT2D eigenvalue weighted by atomic mass is 35.5. The first-order valence-electron chi connectivity index (χ1n) is 8.49. The fourth-order valence-electron chi connectivity index (χ4n) is 2.61. The molecule has 0 bridgehead atoms. The molecule has 1 heterocycles. The van der Waals surface area contributed by atoms with Gasteiger partial charge in [0.25, 0.3) is 0 Å². The van der Waals surface area contributed by atoms with Crippen molar-refractivity contribution in [2.24, 2.45) is 0 Å². The molecule has 2 aromatic carbocycles. The summed E-state index contributed by atoms with van der Waals surface area (Å²) in [4.78, 5) is 26.7. The molecule has 27 heavy (non-hydrogen) atoms. The molecule has 138 valence electrons. The summed E-state index contributed by atoms with van der Waals surface area (Å²) in [6, 6.07) is 19.7. The van der Waals surface area contributed by atoms with Gasteiger partial charge in [-0.1, -0.05) is 41.9 Å². The Labute approximate surface area is 162 Å². The van der Waals surface area contributed by atoms with Crippen molar-refractivity contribution in [3.8, 4) is 0 Å². The number of amides is 2. The highest BCUT2D eigenvalue weighted by molar-refractivity contribution is 6.30. The summed E-state index contributed by atoms with van der Waals surface area (Å²) >= 11 is 5.89. The van der Waals surface area contributed by atoms with E-state index in [4.69, 9.17) is 16.0 Å². The zero-order valence-electron chi connectivity index (χ0n) is 14.6. The number of hydrogen-bond donors (Lipinski definition) is 1. The minimum absolute atomic E-state index is 0.0674. The molecule has 0 unspecified atom stereocenters. The topological polar surface area (TPSA) is 62.6 Å². The van der Waals surface area contributed by atoms with Crippen LogP contribution in [0.5, 0.6) is 0 Å². The SMILES string of the molecule is O=C(CN(Cc1ccco1)C(=O)Cc1ccc(Cl)cc1)Nc1ccccc1. The second kappa shape index (κ2) is 9.05. The largest absolute Gasteiger partial charge is 0.467 e. The van der Waals surface area contributed by atoms with E-state index in [-0.39, 0.29) is 31.3 Å². The number of para-hydroxylation sites is 1. The van der Waals surface area contributed by atoms with Gasteiger partial charge in [0.15, 0.2) is 0 Å². The van der Waals surface area contributed by atoms with Gasteiger partial charge in [0.1, 0.15) is 12.3 Å². The average molecular weight is 383 g/mol. The van der Waals surface area contributed by atoms with Crippen LogP contribution >= 0.6 is 11.6 Å². The maximum Gasteiger partial charge on any atom is 0.244 e. The fraction of sp³-hybridized carbons (Fsp3) is 0.143. The molecule has 0 aliphatic carbocycles. The van der Waals surface area contributed by atoms with E-state index in [2.05, 4.69) is 5.32 Å². The van der Waals surface area contributed by atoms with E-state index in [1.165, 1.54) is 4.90 Å². The van der Waals surface area contributed by atoms with Crippen molar-refractivity contribution in [2.45, 2.75) is 13.0 Å². The van der Waals surface area contributed by atoms with Gasteiger partial charge in [-0.3, -0.25) is 9.59 Å². The Morgan fingerprint density at radius 2 is 1.70 bits per heavy atom. The van der Waals surface area contributed by atoms with Crippen LogP contribution in [0.25, 0.3) is 0 Å². The van der Waals surface area contributed by atoms with E-state index >= 15 is 0 Å². The van der Waals surface area contributed by atoms with Crippen LogP contribution in [-0.4, -0.2) is 23.3 Å². The van der Waals surface area contributed by atoms with Gasteiger partial charge in [-0.25, -0.2) is 0 Å². The third-order valence-electron chi connectivity index (χ3n) is 3.94. The van der Waals surface area contributed by atoms with Crippen LogP contribution in [0.2, 0.25) is 5.02 Å². The molecule has 0 spiro atoms. The Bertz CT molecular complexity index is 878. The van der Waals surface area contributed by atoms with Crippen LogP contribution in [0.1, 0.15) is 11.3 Å². The summed E-state index contributed by atoms with van der Waals surface area (Å²) in [5.74, 6) is 0.182. The first kappa shape index (κ1) is 18.7. The van der Waals surface area contributed by atoms with Crippen molar-refractivity contribution in [1.82, 2.24) is 4.90 Å². The average Bonchev–Trinajstić information content (AvgIpc) is 3.17. The van der Waals surface area contributed by atoms with Crippen molar-refractivity contribution < 1.29 is 14.0 Å². The molecule has 0 fully saturated rings. The summed E-state index contributed by atoms with van der Waals surface area (Å²) in [6.45, 7) is 0.156. The predicted octanol–water partition coefficient (Wildman–Crippen LogP) is 4.14. The van der Waals surface area contributed by atoms with Crippen LogP contribution < -0.4 is 5.32 Å². The molecule has 2 amide bonds. The summed E-state index contributed by atoms with van der Waals surface area (Å²) in [7, 11) is 0. The number of nitrogens with one attached hydrogen (secondary N) is 1. The molecule has 1 N–H and O–H groups in total. The predicted molar refractivity (Wildman–Crippen MR) is 104 cm³/mol. The number of rotatable bonds is 7. The van der Waals surface area contributed by atoms with Crippen LogP contribution in [0, 0.1) is 0 Å². The lowest BCUT2D eigenvalue weighted by atomic mass is 10.1. The second-order valence-corrected chi connectivity index (χ2v) is 6.48. The Kier molecular flexibility index (Phi) is 6.28. The molecular weight excluding hydrogens is 364 g/mol. The molecule has 0 saturated heterocycles. The minimum atomic E-state index is -0.266. The number of carbonyl (C=O) groups excluding carboxylic acids is 2. The minimum Gasteiger partial charge on any atom is -0.467 e. The van der Waals surface area contributed by atoms with Crippen LogP contribution in [0.15, 0.2) is 77.4 Å². The normalized spacial score (nSPS) is 10.4. The first-order chi connectivity index (χ1) is 13.1. The van der Waals surface area contributed by atoms with Crippen molar-refractivity contribution in [2.75, 3.05) is 11.9 Å². The van der Waals surface area contributed by atoms with E-state index in [0.29, 0.717) is 16.5 Å². The third kappa shape index (κ3) is 5.72. The van der Waals surface area contributed by atoms with E-state index in [1.54, 1.807) is 54.8 Å². The van der Waals surface area contributed by atoms with Crippen molar-refractivity contribution >= 4 is 29.1 Å². The number of benzene rings is 2. The van der Waals surface area contributed by atoms with Crippen molar-refractivity contribution in [3.05, 3.63) is 89.3 Å². The molecule has 0 radical (unpaired) electrons. The number of hydrogen-bond acceptors (Lipinski definition) is 3. The van der Waals surface area contributed by atoms with E-state index in [0.717, 1.165) is 5.56 Å². The van der Waals surface area contributed by atoms with Gasteiger partial charge in [-0.2, -0.15) is 0 Å². The number of nitrogens with zero attached hydrogens (tertiary/aromatic N) is 1. The van der Waals surface area contributed by atoms with Crippen LogP contribution in [-0.2, 0) is 22.6 Å². The smallest absolute Gasteiger partial charge is 0.244 e. The summed E-state index contributed by atoms with van der Waals surface area (Å²) in [5.41, 5.74) is 1.52. The number of carbonyl (C=O) groups is 2. The maximum absolute atomic E-state index is 12.8. The van der Waals surface area contributed by atoms with Gasteiger partial charge in [-0.15, -0.1) is 0 Å². The molecule has 0 aliphatic rings. The van der Waals surface area contributed by atoms with Crippen molar-refractivity contribution in [1.29, 1.82) is 0 Å². The van der Waals surface area contributed by atoms with E-state index < -0.39 is 0 Å². The number of anilines is 1. The highest BCUT2D eigenvalue weighted by Crippen LogP contribution is 2.13. The third-order valence-corrected chi connectivity index (χ3v) is 4.19. The molecule has 3 aromatic rings. The molecule has 6 heteroatoms. The van der Waals surface area contributed by atoms with Crippen LogP contribution in [0.4, 0.5) is 5.69 Å². The lowest BCUT2D eigenvalue weighted by Gasteiger charge is -2.21. The van der Waals surface area contributed by atoms with E-state index in [9.17, 15) is 9.59 Å². The standard InChI is InChI=1S/C21H19ClN2O3/c22-17-10-8-16(9-11-17)13-21(26)24(14-19-7-4-12-27-19)15-20(25)23-18-5-2-1-3-6-18/h1-12H,13-15H2,(H,23,25). The monoisotopic (exact) mass is 382 g/mol. The summed E-state index contributed by atoms with van der Waals surface area (Å²) in [6.07, 6.45) is 1.72. The van der Waals surface area contributed by atoms with Gasteiger partial charge in [0.2, 0.25) is 11.8 Å². The number of furan rings is 1. The van der Waals surface area contributed by atoms with Gasteiger partial charge < -0.3 is 14.6 Å². The highest BCUT2D eigenvalue weighted by Gasteiger charge is 2.19.